The van der Waals surface area contributed by atoms with Crippen molar-refractivity contribution < 1.29 is 13.2 Å². The monoisotopic (exact) mass is 403 g/mol. The van der Waals surface area contributed by atoms with Crippen LogP contribution < -0.4 is 10.0 Å². The van der Waals surface area contributed by atoms with Gasteiger partial charge in [0.1, 0.15) is 5.01 Å². The van der Waals surface area contributed by atoms with Crippen LogP contribution in [0.2, 0.25) is 0 Å². The van der Waals surface area contributed by atoms with Crippen molar-refractivity contribution in [1.29, 1.82) is 0 Å². The Kier molecular flexibility index (Phi) is 4.77. The Balaban J connectivity index is 1.56. The molecule has 0 fully saturated rings. The Morgan fingerprint density at radius 3 is 2.33 bits per heavy atom. The maximum atomic E-state index is 12.4. The lowest BCUT2D eigenvalue weighted by Gasteiger charge is -2.19. The predicted molar refractivity (Wildman–Crippen MR) is 107 cm³/mol. The molecule has 27 heavy (non-hydrogen) atoms. The van der Waals surface area contributed by atoms with Gasteiger partial charge >= 0.3 is 6.03 Å². The summed E-state index contributed by atoms with van der Waals surface area (Å²) in [6.07, 6.45) is 9.02. The molecule has 8 heteroatoms. The van der Waals surface area contributed by atoms with Crippen LogP contribution in [0.3, 0.4) is 0 Å². The van der Waals surface area contributed by atoms with E-state index in [0.717, 1.165) is 49.6 Å². The van der Waals surface area contributed by atoms with Crippen molar-refractivity contribution in [3.05, 3.63) is 49.8 Å². The van der Waals surface area contributed by atoms with E-state index in [1.54, 1.807) is 11.6 Å². The lowest BCUT2D eigenvalue weighted by atomic mass is 9.93. The molecule has 4 rings (SSSR count). The molecule has 0 aliphatic heterocycles. The smallest absolute Gasteiger partial charge is 0.307 e. The second-order valence-corrected chi connectivity index (χ2v) is 9.39. The van der Waals surface area contributed by atoms with E-state index >= 15 is 0 Å². The van der Waals surface area contributed by atoms with Crippen LogP contribution in [-0.4, -0.2) is 19.4 Å². The number of urea groups is 1. The van der Waals surface area contributed by atoms with E-state index in [9.17, 15) is 13.2 Å². The first-order valence-electron chi connectivity index (χ1n) is 9.02. The van der Waals surface area contributed by atoms with Gasteiger partial charge in [-0.2, -0.15) is 0 Å². The number of nitrogens with zero attached hydrogens (tertiary/aromatic N) is 1. The summed E-state index contributed by atoms with van der Waals surface area (Å²) in [7, 11) is -3.89. The molecule has 2 aliphatic rings. The summed E-state index contributed by atoms with van der Waals surface area (Å²) in [5.74, 6) is 0. The number of amides is 2. The summed E-state index contributed by atoms with van der Waals surface area (Å²) < 4.78 is 26.4. The first-order chi connectivity index (χ1) is 12.9. The zero-order valence-electron chi connectivity index (χ0n) is 15.0. The lowest BCUT2D eigenvalue weighted by molar-refractivity contribution is 0.256. The molecule has 0 radical (unpaired) electrons. The number of carbonyl (C=O) groups excluding carboxylic acids is 1. The van der Waals surface area contributed by atoms with Crippen LogP contribution >= 0.6 is 11.3 Å². The van der Waals surface area contributed by atoms with Crippen LogP contribution in [-0.2, 0) is 35.7 Å². The molecule has 1 aromatic carbocycles. The largest absolute Gasteiger partial charge is 0.333 e. The first-order valence-corrected chi connectivity index (χ1v) is 11.4. The minimum absolute atomic E-state index is 0.565. The molecule has 6 nitrogen and oxygen atoms in total. The number of hydrogen-bond acceptors (Lipinski definition) is 5. The molecule has 2 aromatic rings. The maximum Gasteiger partial charge on any atom is 0.333 e. The quantitative estimate of drug-likeness (QED) is 0.817. The lowest BCUT2D eigenvalue weighted by Crippen LogP contribution is -2.33. The molecular formula is C19H21N3O3S2. The highest BCUT2D eigenvalue weighted by Crippen LogP contribution is 2.41. The number of nitrogens with one attached hydrogen (secondary N) is 2. The van der Waals surface area contributed by atoms with Crippen LogP contribution in [0.15, 0.2) is 17.0 Å². The molecule has 0 saturated carbocycles. The molecule has 2 aliphatic carbocycles. The van der Waals surface area contributed by atoms with Crippen molar-refractivity contribution in [2.24, 2.45) is 0 Å². The minimum Gasteiger partial charge on any atom is -0.307 e. The molecule has 0 spiro atoms. The average Bonchev–Trinajstić information content (AvgIpc) is 3.38. The number of rotatable bonds is 4. The third-order valence-corrected chi connectivity index (χ3v) is 6.96. The summed E-state index contributed by atoms with van der Waals surface area (Å²) in [4.78, 5) is 16.4. The van der Waals surface area contributed by atoms with Crippen molar-refractivity contribution in [2.45, 2.75) is 45.4 Å². The van der Waals surface area contributed by atoms with Gasteiger partial charge in [0.2, 0.25) is 0 Å². The van der Waals surface area contributed by atoms with Crippen LogP contribution in [0.4, 0.5) is 10.5 Å². The fraction of sp³-hybridized carbons (Fsp3) is 0.368. The van der Waals surface area contributed by atoms with Gasteiger partial charge in [-0.15, -0.1) is 11.3 Å². The number of sulfonamides is 1. The normalized spacial score (nSPS) is 15.7. The van der Waals surface area contributed by atoms with Gasteiger partial charge in [0.05, 0.1) is 5.41 Å². The Morgan fingerprint density at radius 1 is 1.11 bits per heavy atom. The van der Waals surface area contributed by atoms with E-state index in [2.05, 4.69) is 21.9 Å². The van der Waals surface area contributed by atoms with Crippen LogP contribution in [0.1, 0.15) is 45.7 Å². The second-order valence-electron chi connectivity index (χ2n) is 6.90. The SMILES string of the molecule is Cc1c2c(c(NC(=O)NS(=O)(=O)/C=C/c3nccs3)c3c1CCC3)CCC2. The molecule has 0 unspecified atom stereocenters. The van der Waals surface area contributed by atoms with Crippen molar-refractivity contribution in [3.8, 4) is 0 Å². The van der Waals surface area contributed by atoms with E-state index in [-0.39, 0.29) is 0 Å². The Morgan fingerprint density at radius 2 is 1.74 bits per heavy atom. The summed E-state index contributed by atoms with van der Waals surface area (Å²) in [5.41, 5.74) is 7.21. The first kappa shape index (κ1) is 18.2. The highest BCUT2D eigenvalue weighted by molar-refractivity contribution is 7.93. The molecule has 0 atom stereocenters. The van der Waals surface area contributed by atoms with Gasteiger partial charge in [0.15, 0.2) is 0 Å². The number of anilines is 1. The van der Waals surface area contributed by atoms with E-state index in [1.807, 2.05) is 0 Å². The highest BCUT2D eigenvalue weighted by Gasteiger charge is 2.28. The second kappa shape index (κ2) is 7.09. The van der Waals surface area contributed by atoms with Gasteiger partial charge in [0.25, 0.3) is 10.0 Å². The third-order valence-electron chi connectivity index (χ3n) is 5.26. The molecule has 0 saturated heterocycles. The standard InChI is InChI=1S/C19H21N3O3S2/c1-12-13-4-2-6-15(13)18(16-7-3-5-14(12)16)21-19(23)22-27(24,25)11-8-17-20-9-10-26-17/h8-11H,2-7H2,1H3,(H2,21,22,23)/b11-8+. The fourth-order valence-corrected chi connectivity index (χ4v) is 5.45. The number of hydrogen-bond donors (Lipinski definition) is 2. The number of benzene rings is 1. The summed E-state index contributed by atoms with van der Waals surface area (Å²) >= 11 is 1.32. The van der Waals surface area contributed by atoms with Crippen molar-refractivity contribution >= 4 is 39.2 Å². The van der Waals surface area contributed by atoms with Crippen molar-refractivity contribution in [3.63, 3.8) is 0 Å². The number of carbonyl (C=O) groups is 1. The Labute approximate surface area is 162 Å². The molecule has 2 N–H and O–H groups in total. The minimum atomic E-state index is -3.89. The molecular weight excluding hydrogens is 382 g/mol. The molecule has 0 bridgehead atoms. The van der Waals surface area contributed by atoms with Crippen molar-refractivity contribution in [1.82, 2.24) is 9.71 Å². The Bertz CT molecular complexity index is 990. The van der Waals surface area contributed by atoms with Crippen LogP contribution in [0, 0.1) is 6.92 Å². The molecule has 1 aromatic heterocycles. The topological polar surface area (TPSA) is 88.2 Å². The van der Waals surface area contributed by atoms with Gasteiger partial charge in [-0.3, -0.25) is 0 Å². The van der Waals surface area contributed by atoms with E-state index in [4.69, 9.17) is 0 Å². The maximum absolute atomic E-state index is 12.4. The summed E-state index contributed by atoms with van der Waals surface area (Å²) in [6.45, 7) is 2.17. The van der Waals surface area contributed by atoms with Gasteiger partial charge in [-0.25, -0.2) is 22.9 Å². The molecule has 2 amide bonds. The zero-order valence-corrected chi connectivity index (χ0v) is 16.7. The summed E-state index contributed by atoms with van der Waals surface area (Å²) in [5, 5.41) is 6.13. The van der Waals surface area contributed by atoms with Crippen LogP contribution in [0.25, 0.3) is 6.08 Å². The van der Waals surface area contributed by atoms with E-state index in [0.29, 0.717) is 5.01 Å². The zero-order chi connectivity index (χ0) is 19.0. The van der Waals surface area contributed by atoms with Crippen molar-refractivity contribution in [2.75, 3.05) is 5.32 Å². The van der Waals surface area contributed by atoms with Gasteiger partial charge < -0.3 is 5.32 Å². The molecule has 142 valence electrons. The number of fused-ring (bicyclic) bond motifs is 2. The number of thiazole rings is 1. The average molecular weight is 404 g/mol. The van der Waals surface area contributed by atoms with Gasteiger partial charge in [0, 0.05) is 17.3 Å². The predicted octanol–water partition coefficient (Wildman–Crippen LogP) is 3.55. The van der Waals surface area contributed by atoms with E-state index < -0.39 is 16.1 Å². The number of aromatic nitrogens is 1. The fourth-order valence-electron chi connectivity index (χ4n) is 4.15. The van der Waals surface area contributed by atoms with Gasteiger partial charge in [-0.1, -0.05) is 0 Å². The highest BCUT2D eigenvalue weighted by atomic mass is 32.2. The molecule has 1 heterocycles. The van der Waals surface area contributed by atoms with Gasteiger partial charge in [-0.05, 0) is 79.3 Å². The summed E-state index contributed by atoms with van der Waals surface area (Å²) in [6, 6.07) is -0.717. The third kappa shape index (κ3) is 3.64. The van der Waals surface area contributed by atoms with Crippen LogP contribution in [0.5, 0.6) is 0 Å². The Hall–Kier alpha value is -2.19. The van der Waals surface area contributed by atoms with E-state index in [1.165, 1.54) is 45.2 Å².